The Hall–Kier alpha value is -3.68. The number of alkyl halides is 2. The van der Waals surface area contributed by atoms with E-state index in [0.717, 1.165) is 25.2 Å². The fourth-order valence-corrected chi connectivity index (χ4v) is 6.74. The van der Waals surface area contributed by atoms with Crippen molar-refractivity contribution in [2.45, 2.75) is 43.9 Å². The molecule has 0 radical (unpaired) electrons. The Labute approximate surface area is 212 Å². The molecule has 2 aliphatic heterocycles. The smallest absolute Gasteiger partial charge is 0.271 e. The monoisotopic (exact) mass is 530 g/mol. The molecule has 2 aromatic heterocycles. The highest BCUT2D eigenvalue weighted by molar-refractivity contribution is 6.77. The van der Waals surface area contributed by atoms with Crippen LogP contribution in [0, 0.1) is 10.1 Å². The molecule has 14 heteroatoms. The van der Waals surface area contributed by atoms with E-state index in [4.69, 9.17) is 0 Å². The Balaban J connectivity index is 1.45. The molecule has 2 fully saturated rings. The summed E-state index contributed by atoms with van der Waals surface area (Å²) in [6.45, 7) is 6.28. The van der Waals surface area contributed by atoms with Crippen LogP contribution in [0.15, 0.2) is 30.6 Å². The van der Waals surface area contributed by atoms with Gasteiger partial charge < -0.3 is 15.1 Å². The van der Waals surface area contributed by atoms with E-state index in [0.29, 0.717) is 22.8 Å². The number of hydrogen-bond donors (Lipinski definition) is 1. The van der Waals surface area contributed by atoms with E-state index in [1.807, 2.05) is 4.90 Å². The second-order valence-electron chi connectivity index (χ2n) is 10.4. The van der Waals surface area contributed by atoms with Crippen molar-refractivity contribution in [3.8, 4) is 0 Å². The summed E-state index contributed by atoms with van der Waals surface area (Å²) >= 11 is 0. The van der Waals surface area contributed by atoms with Gasteiger partial charge in [0.05, 0.1) is 16.2 Å². The second kappa shape index (κ2) is 9.32. The summed E-state index contributed by atoms with van der Waals surface area (Å²) in [4.78, 5) is 36.9. The topological polar surface area (TPSA) is 122 Å². The molecule has 4 heterocycles. The maximum Gasteiger partial charge on any atom is 0.271 e. The molecular formula is C23H28F2N8O3Si-. The fraction of sp³-hybridized carbons (Fsp3) is 0.478. The third kappa shape index (κ3) is 5.24. The Bertz CT molecular complexity index is 1350. The molecule has 37 heavy (non-hydrogen) atoms. The summed E-state index contributed by atoms with van der Waals surface area (Å²) in [6.07, 6.45) is 0.729. The average Bonchev–Trinajstić information content (AvgIpc) is 3.32. The predicted octanol–water partition coefficient (Wildman–Crippen LogP) is 4.05. The summed E-state index contributed by atoms with van der Waals surface area (Å²) in [5.74, 6) is -2.69. The van der Waals surface area contributed by atoms with Crippen molar-refractivity contribution in [1.82, 2.24) is 19.6 Å². The third-order valence-corrected chi connectivity index (χ3v) is 10.3. The molecule has 1 amide bonds. The summed E-state index contributed by atoms with van der Waals surface area (Å²) in [5.41, 5.74) is 1.14. The quantitative estimate of drug-likeness (QED) is 0.298. The van der Waals surface area contributed by atoms with Crippen molar-refractivity contribution in [2.75, 3.05) is 41.3 Å². The molecule has 2 aliphatic rings. The van der Waals surface area contributed by atoms with Crippen LogP contribution in [0.2, 0.25) is 25.2 Å². The van der Waals surface area contributed by atoms with Crippen molar-refractivity contribution in [3.63, 3.8) is 0 Å². The first kappa shape index (κ1) is 25.0. The van der Waals surface area contributed by atoms with Gasteiger partial charge in [-0.25, -0.2) is 13.8 Å². The Morgan fingerprint density at radius 1 is 1.11 bits per heavy atom. The van der Waals surface area contributed by atoms with Crippen molar-refractivity contribution in [1.29, 1.82) is 0 Å². The van der Waals surface area contributed by atoms with Crippen LogP contribution in [-0.4, -0.2) is 70.6 Å². The molecule has 197 valence electrons. The van der Waals surface area contributed by atoms with Crippen LogP contribution in [0.4, 0.5) is 31.9 Å². The van der Waals surface area contributed by atoms with Crippen LogP contribution in [-0.2, 0) is 0 Å². The number of carbonyl (C=O) groups is 1. The highest BCUT2D eigenvalue weighted by Gasteiger charge is 2.35. The highest BCUT2D eigenvalue weighted by atomic mass is 28.3. The van der Waals surface area contributed by atoms with Crippen molar-refractivity contribution >= 4 is 42.8 Å². The number of fused-ring (bicyclic) bond motifs is 1. The molecule has 0 atom stereocenters. The number of rotatable bonds is 5. The van der Waals surface area contributed by atoms with E-state index < -0.39 is 24.8 Å². The summed E-state index contributed by atoms with van der Waals surface area (Å²) in [6, 6.07) is 7.83. The standard InChI is InChI=1S/C23H28F2N8O3Si/c1-37(2)11-9-30(10-12-37)18-13-16(33(35)36)3-4-17(18)21(34)28-19-14-20-26-15-27-32(20)22(29-19)31-7-5-23(24,25)6-8-31/h3-4,13-15H,5-12H2,1-2H3,(H,28,34)/q-1. The van der Waals surface area contributed by atoms with E-state index in [2.05, 4.69) is 33.5 Å². The van der Waals surface area contributed by atoms with E-state index in [1.54, 1.807) is 11.0 Å². The van der Waals surface area contributed by atoms with Gasteiger partial charge in [0, 0.05) is 44.1 Å². The van der Waals surface area contributed by atoms with Gasteiger partial charge in [-0.05, 0) is 19.2 Å². The number of non-ortho nitro benzene ring substituents is 1. The molecule has 2 saturated heterocycles. The number of hydrogen-bond acceptors (Lipinski definition) is 8. The number of amides is 1. The second-order valence-corrected chi connectivity index (χ2v) is 15.7. The van der Waals surface area contributed by atoms with E-state index in [9.17, 15) is 23.7 Å². The van der Waals surface area contributed by atoms with Crippen LogP contribution in [0.25, 0.3) is 5.65 Å². The zero-order valence-corrected chi connectivity index (χ0v) is 21.7. The molecular weight excluding hydrogens is 502 g/mol. The van der Waals surface area contributed by atoms with Gasteiger partial charge in [-0.15, -0.1) is 20.2 Å². The minimum atomic E-state index is -2.72. The lowest BCUT2D eigenvalue weighted by Gasteiger charge is -2.45. The average molecular weight is 531 g/mol. The third-order valence-electron chi connectivity index (χ3n) is 7.16. The Kier molecular flexibility index (Phi) is 6.29. The molecule has 1 aromatic carbocycles. The molecule has 0 spiro atoms. The summed E-state index contributed by atoms with van der Waals surface area (Å²) in [7, 11) is -1.31. The molecule has 0 unspecified atom stereocenters. The molecule has 1 N–H and O–H groups in total. The summed E-state index contributed by atoms with van der Waals surface area (Å²) < 4.78 is 28.9. The number of anilines is 3. The van der Waals surface area contributed by atoms with Crippen molar-refractivity contribution in [2.24, 2.45) is 0 Å². The predicted molar refractivity (Wildman–Crippen MR) is 138 cm³/mol. The van der Waals surface area contributed by atoms with E-state index >= 15 is 0 Å². The zero-order valence-electron chi connectivity index (χ0n) is 20.7. The number of nitro groups is 1. The van der Waals surface area contributed by atoms with Gasteiger partial charge in [0.1, 0.15) is 12.1 Å². The maximum absolute atomic E-state index is 13.7. The number of halogens is 2. The Morgan fingerprint density at radius 2 is 1.81 bits per heavy atom. The molecule has 0 saturated carbocycles. The lowest BCUT2D eigenvalue weighted by molar-refractivity contribution is -0.384. The maximum atomic E-state index is 13.7. The molecule has 0 aliphatic carbocycles. The number of aromatic nitrogens is 4. The lowest BCUT2D eigenvalue weighted by atomic mass is 10.1. The van der Waals surface area contributed by atoms with Gasteiger partial charge in [0.2, 0.25) is 5.95 Å². The van der Waals surface area contributed by atoms with Crippen LogP contribution in [0.1, 0.15) is 23.2 Å². The SMILES string of the molecule is C[Si-]1(C)CCN(c2cc([N+](=O)[O-])ccc2C(=O)Nc2cc3ncnn3c(N3CCC(F)(F)CC3)n2)CC1. The minimum absolute atomic E-state index is 0.0826. The largest absolute Gasteiger partial charge is 0.376 e. The molecule has 5 rings (SSSR count). The zero-order chi connectivity index (χ0) is 26.4. The fourth-order valence-electron chi connectivity index (χ4n) is 4.74. The van der Waals surface area contributed by atoms with E-state index in [1.165, 1.54) is 29.0 Å². The first-order chi connectivity index (χ1) is 17.5. The van der Waals surface area contributed by atoms with Crippen LogP contribution >= 0.6 is 0 Å². The van der Waals surface area contributed by atoms with Gasteiger partial charge >= 0.3 is 0 Å². The van der Waals surface area contributed by atoms with Crippen molar-refractivity contribution in [3.05, 3.63) is 46.3 Å². The summed E-state index contributed by atoms with van der Waals surface area (Å²) in [5, 5.41) is 18.4. The number of benzene rings is 1. The molecule has 3 aromatic rings. The van der Waals surface area contributed by atoms with Crippen LogP contribution < -0.4 is 15.1 Å². The van der Waals surface area contributed by atoms with Crippen LogP contribution in [0.3, 0.4) is 0 Å². The molecule has 11 nitrogen and oxygen atoms in total. The van der Waals surface area contributed by atoms with Gasteiger partial charge in [-0.3, -0.25) is 14.9 Å². The number of carbonyl (C=O) groups excluding carboxylic acids is 1. The minimum Gasteiger partial charge on any atom is -0.376 e. The molecule has 0 bridgehead atoms. The Morgan fingerprint density at radius 3 is 2.49 bits per heavy atom. The van der Waals surface area contributed by atoms with E-state index in [-0.39, 0.29) is 37.4 Å². The van der Waals surface area contributed by atoms with Gasteiger partial charge in [-0.1, -0.05) is 0 Å². The first-order valence-corrected chi connectivity index (χ1v) is 15.6. The lowest BCUT2D eigenvalue weighted by Crippen LogP contribution is -2.43. The van der Waals surface area contributed by atoms with Crippen molar-refractivity contribution < 1.29 is 18.5 Å². The normalized spacial score (nSPS) is 19.1. The number of piperidine rings is 1. The first-order valence-electron chi connectivity index (χ1n) is 12.2. The van der Waals surface area contributed by atoms with Gasteiger partial charge in [0.25, 0.3) is 17.5 Å². The number of nitro benzene ring substituents is 1. The number of nitrogens with one attached hydrogen (secondary N) is 1. The van der Waals surface area contributed by atoms with Gasteiger partial charge in [-0.2, -0.15) is 27.7 Å². The van der Waals surface area contributed by atoms with Gasteiger partial charge in [0.15, 0.2) is 5.65 Å². The van der Waals surface area contributed by atoms with Crippen LogP contribution in [0.5, 0.6) is 0 Å². The number of nitrogens with zero attached hydrogens (tertiary/aromatic N) is 7. The highest BCUT2D eigenvalue weighted by Crippen LogP contribution is 2.33.